The molecule has 1 atom stereocenters. The molecule has 0 amide bonds. The van der Waals surface area contributed by atoms with Crippen LogP contribution in [0, 0.1) is 0 Å². The molecule has 0 aliphatic heterocycles. The van der Waals surface area contributed by atoms with Crippen LogP contribution in [-0.2, 0) is 6.42 Å². The van der Waals surface area contributed by atoms with Crippen LogP contribution in [0.1, 0.15) is 30.0 Å². The van der Waals surface area contributed by atoms with Gasteiger partial charge in [0, 0.05) is 23.3 Å². The number of rotatable bonds is 3. The molecule has 2 heterocycles. The van der Waals surface area contributed by atoms with E-state index in [1.165, 1.54) is 11.1 Å². The molecule has 2 aromatic carbocycles. The Labute approximate surface area is 162 Å². The van der Waals surface area contributed by atoms with Gasteiger partial charge in [0.05, 0.1) is 6.04 Å². The van der Waals surface area contributed by atoms with E-state index in [0.717, 1.165) is 30.3 Å². The van der Waals surface area contributed by atoms with Crippen molar-refractivity contribution < 1.29 is 0 Å². The molecule has 4 aromatic rings. The predicted octanol–water partition coefficient (Wildman–Crippen LogP) is 4.46. The minimum absolute atomic E-state index is 0.000579. The fourth-order valence-electron chi connectivity index (χ4n) is 4.05. The Morgan fingerprint density at radius 3 is 2.68 bits per heavy atom. The van der Waals surface area contributed by atoms with E-state index in [2.05, 4.69) is 28.5 Å². The maximum absolute atomic E-state index is 12.9. The van der Waals surface area contributed by atoms with Gasteiger partial charge in [-0.3, -0.25) is 9.36 Å². The highest BCUT2D eigenvalue weighted by molar-refractivity contribution is 5.76. The van der Waals surface area contributed by atoms with E-state index in [1.54, 1.807) is 18.3 Å². The van der Waals surface area contributed by atoms with Gasteiger partial charge in [-0.25, -0.2) is 4.98 Å². The number of aromatic nitrogens is 3. The summed E-state index contributed by atoms with van der Waals surface area (Å²) in [6.45, 7) is 0. The highest BCUT2D eigenvalue weighted by atomic mass is 16.1. The standard InChI is InChI=1S/C23H20N4O/c28-21-14-13-17-15-24-23(25-18-9-2-1-3-10-18)26-22(17)27(21)20-12-6-8-16-7-4-5-11-19(16)20/h1-5,7,9-11,13-15,20H,6,8,12H2,(H,24,25,26). The van der Waals surface area contributed by atoms with Crippen LogP contribution < -0.4 is 10.9 Å². The van der Waals surface area contributed by atoms with Gasteiger partial charge in [0.2, 0.25) is 5.95 Å². The smallest absolute Gasteiger partial charge is 0.252 e. The van der Waals surface area contributed by atoms with Gasteiger partial charge in [-0.05, 0) is 48.6 Å². The number of nitrogens with one attached hydrogen (secondary N) is 1. The molecule has 1 aliphatic rings. The summed E-state index contributed by atoms with van der Waals surface area (Å²) in [6, 6.07) is 21.6. The molecule has 5 nitrogen and oxygen atoms in total. The molecule has 138 valence electrons. The third kappa shape index (κ3) is 2.95. The second kappa shape index (κ2) is 6.93. The van der Waals surface area contributed by atoms with Gasteiger partial charge in [-0.2, -0.15) is 4.98 Å². The lowest BCUT2D eigenvalue weighted by Crippen LogP contribution is -2.28. The summed E-state index contributed by atoms with van der Waals surface area (Å²) in [7, 11) is 0. The van der Waals surface area contributed by atoms with Gasteiger partial charge in [-0.15, -0.1) is 0 Å². The Balaban J connectivity index is 1.65. The van der Waals surface area contributed by atoms with Gasteiger partial charge in [0.25, 0.3) is 5.56 Å². The van der Waals surface area contributed by atoms with E-state index in [9.17, 15) is 4.79 Å². The Morgan fingerprint density at radius 1 is 0.964 bits per heavy atom. The average Bonchev–Trinajstić information content (AvgIpc) is 2.74. The number of hydrogen-bond donors (Lipinski definition) is 1. The zero-order valence-electron chi connectivity index (χ0n) is 15.4. The van der Waals surface area contributed by atoms with Crippen molar-refractivity contribution in [3.05, 3.63) is 94.4 Å². The van der Waals surface area contributed by atoms with Gasteiger partial charge >= 0.3 is 0 Å². The Hall–Kier alpha value is -3.47. The van der Waals surface area contributed by atoms with Crippen molar-refractivity contribution in [1.82, 2.24) is 14.5 Å². The zero-order chi connectivity index (χ0) is 18.9. The molecule has 1 N–H and O–H groups in total. The van der Waals surface area contributed by atoms with E-state index in [0.29, 0.717) is 11.6 Å². The van der Waals surface area contributed by atoms with Crippen molar-refractivity contribution in [3.63, 3.8) is 0 Å². The van der Waals surface area contributed by atoms with Gasteiger partial charge < -0.3 is 5.32 Å². The van der Waals surface area contributed by atoms with Crippen LogP contribution in [0.4, 0.5) is 11.6 Å². The third-order valence-electron chi connectivity index (χ3n) is 5.35. The maximum atomic E-state index is 12.9. The fourth-order valence-corrected chi connectivity index (χ4v) is 4.05. The first-order valence-corrected chi connectivity index (χ1v) is 9.58. The second-order valence-electron chi connectivity index (χ2n) is 7.11. The highest BCUT2D eigenvalue weighted by Crippen LogP contribution is 2.33. The lowest BCUT2D eigenvalue weighted by atomic mass is 9.87. The first-order chi connectivity index (χ1) is 13.8. The molecule has 5 heteroatoms. The van der Waals surface area contributed by atoms with Crippen molar-refractivity contribution in [2.24, 2.45) is 0 Å². The molecular weight excluding hydrogens is 348 g/mol. The number of nitrogens with zero attached hydrogens (tertiary/aromatic N) is 3. The number of hydrogen-bond acceptors (Lipinski definition) is 4. The van der Waals surface area contributed by atoms with Crippen LogP contribution in [0.25, 0.3) is 11.0 Å². The third-order valence-corrected chi connectivity index (χ3v) is 5.35. The Morgan fingerprint density at radius 2 is 1.79 bits per heavy atom. The van der Waals surface area contributed by atoms with Crippen LogP contribution in [0.5, 0.6) is 0 Å². The summed E-state index contributed by atoms with van der Waals surface area (Å²) in [6.07, 6.45) is 4.83. The maximum Gasteiger partial charge on any atom is 0.252 e. The van der Waals surface area contributed by atoms with E-state index in [1.807, 2.05) is 41.0 Å². The van der Waals surface area contributed by atoms with Gasteiger partial charge in [-0.1, -0.05) is 42.5 Å². The van der Waals surface area contributed by atoms with Crippen molar-refractivity contribution in [2.75, 3.05) is 5.32 Å². The van der Waals surface area contributed by atoms with Crippen molar-refractivity contribution in [1.29, 1.82) is 0 Å². The monoisotopic (exact) mass is 368 g/mol. The first kappa shape index (κ1) is 16.7. The lowest BCUT2D eigenvalue weighted by molar-refractivity contribution is 0.488. The van der Waals surface area contributed by atoms with Crippen molar-refractivity contribution >= 4 is 22.7 Å². The summed E-state index contributed by atoms with van der Waals surface area (Å²) >= 11 is 0. The number of para-hydroxylation sites is 1. The molecular formula is C23H20N4O. The minimum atomic E-state index is -0.0291. The lowest BCUT2D eigenvalue weighted by Gasteiger charge is -2.28. The topological polar surface area (TPSA) is 59.8 Å². The summed E-state index contributed by atoms with van der Waals surface area (Å²) in [5.41, 5.74) is 4.09. The molecule has 2 aromatic heterocycles. The molecule has 0 saturated carbocycles. The largest absolute Gasteiger partial charge is 0.324 e. The Kier molecular flexibility index (Phi) is 4.13. The van der Waals surface area contributed by atoms with Gasteiger partial charge in [0.15, 0.2) is 0 Å². The summed E-state index contributed by atoms with van der Waals surface area (Å²) < 4.78 is 1.84. The quantitative estimate of drug-likeness (QED) is 0.580. The van der Waals surface area contributed by atoms with Gasteiger partial charge in [0.1, 0.15) is 5.65 Å². The number of benzene rings is 2. The van der Waals surface area contributed by atoms with Crippen LogP contribution in [0.2, 0.25) is 0 Å². The summed E-state index contributed by atoms with van der Waals surface area (Å²) in [4.78, 5) is 22.0. The molecule has 0 fully saturated rings. The zero-order valence-corrected chi connectivity index (χ0v) is 15.4. The summed E-state index contributed by atoms with van der Waals surface area (Å²) in [5.74, 6) is 0.488. The molecule has 0 saturated heterocycles. The van der Waals surface area contributed by atoms with E-state index in [4.69, 9.17) is 4.98 Å². The average molecular weight is 368 g/mol. The second-order valence-corrected chi connectivity index (χ2v) is 7.11. The first-order valence-electron chi connectivity index (χ1n) is 9.58. The molecule has 5 rings (SSSR count). The Bertz CT molecular complexity index is 1200. The minimum Gasteiger partial charge on any atom is -0.324 e. The molecule has 1 aliphatic carbocycles. The SMILES string of the molecule is O=c1ccc2cnc(Nc3ccccc3)nc2n1C1CCCc2ccccc21. The van der Waals surface area contributed by atoms with Crippen LogP contribution in [-0.4, -0.2) is 14.5 Å². The number of anilines is 2. The number of fused-ring (bicyclic) bond motifs is 2. The van der Waals surface area contributed by atoms with E-state index < -0.39 is 0 Å². The van der Waals surface area contributed by atoms with E-state index in [-0.39, 0.29) is 11.6 Å². The highest BCUT2D eigenvalue weighted by Gasteiger charge is 2.24. The number of aryl methyl sites for hydroxylation is 1. The van der Waals surface area contributed by atoms with Crippen molar-refractivity contribution in [2.45, 2.75) is 25.3 Å². The van der Waals surface area contributed by atoms with Crippen molar-refractivity contribution in [3.8, 4) is 0 Å². The number of pyridine rings is 1. The normalized spacial score (nSPS) is 15.9. The molecule has 28 heavy (non-hydrogen) atoms. The van der Waals surface area contributed by atoms with Crippen LogP contribution in [0.15, 0.2) is 77.7 Å². The van der Waals surface area contributed by atoms with Crippen LogP contribution >= 0.6 is 0 Å². The fraction of sp³-hybridized carbons (Fsp3) is 0.174. The molecule has 0 bridgehead atoms. The van der Waals surface area contributed by atoms with Crippen LogP contribution in [0.3, 0.4) is 0 Å². The molecule has 0 spiro atoms. The molecule has 0 radical (unpaired) electrons. The van der Waals surface area contributed by atoms with E-state index >= 15 is 0 Å². The predicted molar refractivity (Wildman–Crippen MR) is 111 cm³/mol. The summed E-state index contributed by atoms with van der Waals surface area (Å²) in [5, 5.41) is 4.09. The molecule has 1 unspecified atom stereocenters.